The quantitative estimate of drug-likeness (QED) is 0.610. The van der Waals surface area contributed by atoms with Crippen LogP contribution in [0.1, 0.15) is 0 Å². The Bertz CT molecular complexity index is 914. The zero-order valence-electron chi connectivity index (χ0n) is 11.6. The van der Waals surface area contributed by atoms with E-state index in [-0.39, 0.29) is 0 Å². The van der Waals surface area contributed by atoms with Gasteiger partial charge in [-0.1, -0.05) is 42.5 Å². The fourth-order valence-electron chi connectivity index (χ4n) is 2.28. The van der Waals surface area contributed by atoms with Crippen LogP contribution in [0.3, 0.4) is 0 Å². The third-order valence-electron chi connectivity index (χ3n) is 3.37. The molecular formula is C17H12N4O. The van der Waals surface area contributed by atoms with Crippen LogP contribution < -0.4 is 5.73 Å². The molecular weight excluding hydrogens is 276 g/mol. The van der Waals surface area contributed by atoms with Crippen molar-refractivity contribution in [3.05, 3.63) is 60.8 Å². The van der Waals surface area contributed by atoms with E-state index in [1.54, 1.807) is 6.20 Å². The largest absolute Gasteiger partial charge is 0.435 e. The summed E-state index contributed by atoms with van der Waals surface area (Å²) in [7, 11) is 0. The first-order valence-corrected chi connectivity index (χ1v) is 6.85. The number of hydrogen-bond donors (Lipinski definition) is 1. The number of aromatic nitrogens is 3. The summed E-state index contributed by atoms with van der Waals surface area (Å²) < 4.78 is 5.73. The van der Waals surface area contributed by atoms with Crippen LogP contribution in [0.2, 0.25) is 0 Å². The highest BCUT2D eigenvalue weighted by Gasteiger charge is 2.15. The minimum Gasteiger partial charge on any atom is -0.435 e. The Balaban J connectivity index is 1.87. The van der Waals surface area contributed by atoms with Gasteiger partial charge < -0.3 is 10.2 Å². The Morgan fingerprint density at radius 1 is 0.864 bits per heavy atom. The molecule has 0 bridgehead atoms. The first-order chi connectivity index (χ1) is 10.8. The Morgan fingerprint density at radius 2 is 1.64 bits per heavy atom. The normalized spacial score (nSPS) is 10.9. The van der Waals surface area contributed by atoms with Gasteiger partial charge in [-0.15, -0.1) is 0 Å². The number of para-hydroxylation sites is 2. The molecule has 0 amide bonds. The van der Waals surface area contributed by atoms with Gasteiger partial charge >= 0.3 is 0 Å². The number of hydrogen-bond acceptors (Lipinski definition) is 5. The zero-order valence-corrected chi connectivity index (χ0v) is 11.6. The van der Waals surface area contributed by atoms with Crippen LogP contribution in [-0.2, 0) is 0 Å². The topological polar surface area (TPSA) is 77.8 Å². The van der Waals surface area contributed by atoms with Crippen molar-refractivity contribution in [2.75, 3.05) is 5.73 Å². The number of rotatable bonds is 2. The van der Waals surface area contributed by atoms with Gasteiger partial charge in [0.2, 0.25) is 5.89 Å². The lowest BCUT2D eigenvalue weighted by atomic mass is 10.1. The molecule has 0 aliphatic heterocycles. The molecule has 5 heteroatoms. The van der Waals surface area contributed by atoms with Crippen LogP contribution in [0.4, 0.5) is 5.82 Å². The third-order valence-corrected chi connectivity index (χ3v) is 3.37. The van der Waals surface area contributed by atoms with E-state index in [4.69, 9.17) is 10.2 Å². The van der Waals surface area contributed by atoms with E-state index in [1.165, 1.54) is 0 Å². The van der Waals surface area contributed by atoms with E-state index in [9.17, 15) is 0 Å². The maximum absolute atomic E-state index is 5.95. The average molecular weight is 288 g/mol. The molecule has 22 heavy (non-hydrogen) atoms. The van der Waals surface area contributed by atoms with Crippen molar-refractivity contribution in [3.8, 4) is 22.8 Å². The van der Waals surface area contributed by atoms with Crippen LogP contribution in [0.15, 0.2) is 65.2 Å². The number of nitrogens with two attached hydrogens (primary N) is 1. The van der Waals surface area contributed by atoms with Crippen molar-refractivity contribution >= 4 is 16.9 Å². The fourth-order valence-corrected chi connectivity index (χ4v) is 2.28. The van der Waals surface area contributed by atoms with Gasteiger partial charge in [0.05, 0.1) is 11.9 Å². The lowest BCUT2D eigenvalue weighted by Crippen LogP contribution is -1.98. The van der Waals surface area contributed by atoms with E-state index in [2.05, 4.69) is 15.0 Å². The van der Waals surface area contributed by atoms with Crippen molar-refractivity contribution in [1.29, 1.82) is 0 Å². The standard InChI is InChI=1S/C17H12N4O/c18-16-15(17-21-12-8-4-5-9-14(12)22-17)20-13(10-19-16)11-6-2-1-3-7-11/h1-10H,(H2,18,19). The maximum Gasteiger partial charge on any atom is 0.250 e. The third kappa shape index (κ3) is 2.09. The molecule has 2 heterocycles. The minimum absolute atomic E-state index is 0.297. The second-order valence-electron chi connectivity index (χ2n) is 4.84. The number of benzene rings is 2. The van der Waals surface area contributed by atoms with E-state index in [0.29, 0.717) is 23.0 Å². The van der Waals surface area contributed by atoms with E-state index < -0.39 is 0 Å². The maximum atomic E-state index is 5.95. The summed E-state index contributed by atoms with van der Waals surface area (Å²) >= 11 is 0. The number of fused-ring (bicyclic) bond motifs is 1. The summed E-state index contributed by atoms with van der Waals surface area (Å²) in [5.41, 5.74) is 9.56. The first-order valence-electron chi connectivity index (χ1n) is 6.85. The minimum atomic E-state index is 0.297. The average Bonchev–Trinajstić information content (AvgIpc) is 3.00. The van der Waals surface area contributed by atoms with Crippen molar-refractivity contribution in [3.63, 3.8) is 0 Å². The van der Waals surface area contributed by atoms with Crippen LogP contribution >= 0.6 is 0 Å². The first kappa shape index (κ1) is 12.5. The second-order valence-corrected chi connectivity index (χ2v) is 4.84. The number of nitrogen functional groups attached to an aromatic ring is 1. The van der Waals surface area contributed by atoms with Crippen LogP contribution in [0, 0.1) is 0 Å². The molecule has 0 saturated heterocycles. The Hall–Kier alpha value is -3.21. The number of nitrogens with zero attached hydrogens (tertiary/aromatic N) is 3. The Kier molecular flexibility index (Phi) is 2.83. The van der Waals surface area contributed by atoms with Gasteiger partial charge in [-0.05, 0) is 12.1 Å². The van der Waals surface area contributed by atoms with Gasteiger partial charge in [-0.25, -0.2) is 15.0 Å². The molecule has 0 fully saturated rings. The molecule has 0 atom stereocenters. The van der Waals surface area contributed by atoms with Gasteiger partial charge in [-0.2, -0.15) is 0 Å². The van der Waals surface area contributed by atoms with Crippen LogP contribution in [-0.4, -0.2) is 15.0 Å². The summed E-state index contributed by atoms with van der Waals surface area (Å²) in [5, 5.41) is 0. The summed E-state index contributed by atoms with van der Waals surface area (Å²) in [6, 6.07) is 17.3. The second kappa shape index (κ2) is 4.96. The molecule has 0 radical (unpaired) electrons. The molecule has 0 saturated carbocycles. The molecule has 106 valence electrons. The Morgan fingerprint density at radius 3 is 2.45 bits per heavy atom. The Labute approximate surface area is 126 Å². The van der Waals surface area contributed by atoms with Gasteiger partial charge in [0.15, 0.2) is 17.1 Å². The SMILES string of the molecule is Nc1ncc(-c2ccccc2)nc1-c1nc2ccccc2o1. The van der Waals surface area contributed by atoms with Gasteiger partial charge in [-0.3, -0.25) is 0 Å². The summed E-state index contributed by atoms with van der Waals surface area (Å²) in [6.45, 7) is 0. The molecule has 2 N–H and O–H groups in total. The van der Waals surface area contributed by atoms with E-state index in [0.717, 1.165) is 16.8 Å². The number of anilines is 1. The van der Waals surface area contributed by atoms with Crippen LogP contribution in [0.5, 0.6) is 0 Å². The molecule has 2 aromatic heterocycles. The highest BCUT2D eigenvalue weighted by Crippen LogP contribution is 2.28. The van der Waals surface area contributed by atoms with E-state index in [1.807, 2.05) is 54.6 Å². The summed E-state index contributed by atoms with van der Waals surface area (Å²) in [6.07, 6.45) is 1.65. The van der Waals surface area contributed by atoms with Gasteiger partial charge in [0.1, 0.15) is 5.52 Å². The molecule has 5 nitrogen and oxygen atoms in total. The zero-order chi connectivity index (χ0) is 14.9. The van der Waals surface area contributed by atoms with Crippen molar-refractivity contribution < 1.29 is 4.42 Å². The predicted octanol–water partition coefficient (Wildman–Crippen LogP) is 3.53. The molecule has 2 aromatic carbocycles. The molecule has 0 spiro atoms. The molecule has 4 aromatic rings. The van der Waals surface area contributed by atoms with E-state index >= 15 is 0 Å². The smallest absolute Gasteiger partial charge is 0.250 e. The van der Waals surface area contributed by atoms with Crippen molar-refractivity contribution in [2.45, 2.75) is 0 Å². The predicted molar refractivity (Wildman–Crippen MR) is 84.9 cm³/mol. The summed E-state index contributed by atoms with van der Waals surface area (Å²) in [4.78, 5) is 13.2. The van der Waals surface area contributed by atoms with Gasteiger partial charge in [0.25, 0.3) is 0 Å². The lowest BCUT2D eigenvalue weighted by molar-refractivity contribution is 0.617. The summed E-state index contributed by atoms with van der Waals surface area (Å²) in [5.74, 6) is 0.676. The highest BCUT2D eigenvalue weighted by atomic mass is 16.3. The number of oxazole rings is 1. The molecule has 0 unspecified atom stereocenters. The lowest BCUT2D eigenvalue weighted by Gasteiger charge is -2.04. The van der Waals surface area contributed by atoms with Crippen LogP contribution in [0.25, 0.3) is 33.9 Å². The molecule has 0 aliphatic rings. The highest BCUT2D eigenvalue weighted by molar-refractivity contribution is 5.77. The monoisotopic (exact) mass is 288 g/mol. The fraction of sp³-hybridized carbons (Fsp3) is 0. The van der Waals surface area contributed by atoms with Crippen molar-refractivity contribution in [2.24, 2.45) is 0 Å². The van der Waals surface area contributed by atoms with Gasteiger partial charge in [0, 0.05) is 5.56 Å². The molecule has 4 rings (SSSR count). The van der Waals surface area contributed by atoms with Crippen molar-refractivity contribution in [1.82, 2.24) is 15.0 Å². The molecule has 0 aliphatic carbocycles.